The summed E-state index contributed by atoms with van der Waals surface area (Å²) >= 11 is 4.29. The van der Waals surface area contributed by atoms with Crippen LogP contribution in [0.3, 0.4) is 0 Å². The average Bonchev–Trinajstić information content (AvgIpc) is 3.09. The highest BCUT2D eigenvalue weighted by molar-refractivity contribution is 9.10. The molecule has 1 N–H and O–H groups in total. The highest BCUT2D eigenvalue weighted by atomic mass is 79.9. The Morgan fingerprint density at radius 1 is 1.13 bits per heavy atom. The second-order valence-electron chi connectivity index (χ2n) is 6.11. The van der Waals surface area contributed by atoms with Crippen molar-refractivity contribution in [3.8, 4) is 10.6 Å². The summed E-state index contributed by atoms with van der Waals surface area (Å²) in [6.07, 6.45) is -4.43. The zero-order valence-corrected chi connectivity index (χ0v) is 17.8. The summed E-state index contributed by atoms with van der Waals surface area (Å²) in [4.78, 5) is 28.8. The molecule has 30 heavy (non-hydrogen) atoms. The minimum absolute atomic E-state index is 0.179. The minimum Gasteiger partial charge on any atom is -0.451 e. The molecule has 5 nitrogen and oxygen atoms in total. The molecule has 0 unspecified atom stereocenters. The molecule has 0 aliphatic rings. The van der Waals surface area contributed by atoms with E-state index in [1.165, 1.54) is 12.1 Å². The lowest BCUT2D eigenvalue weighted by Gasteiger charge is -2.07. The number of aryl methyl sites for hydroxylation is 1. The second-order valence-corrected chi connectivity index (χ2v) is 7.97. The molecule has 156 valence electrons. The third-order valence-electron chi connectivity index (χ3n) is 3.92. The Balaban J connectivity index is 1.65. The SMILES string of the molecule is Cc1nc(-c2ccc(C(F)(F)F)cc2)sc1C(=O)OCC(=O)Nc1ccccc1Br. The number of anilines is 1. The van der Waals surface area contributed by atoms with Crippen LogP contribution in [0.25, 0.3) is 10.6 Å². The lowest BCUT2D eigenvalue weighted by Crippen LogP contribution is -2.21. The number of nitrogens with zero attached hydrogens (tertiary/aromatic N) is 1. The smallest absolute Gasteiger partial charge is 0.416 e. The normalized spacial score (nSPS) is 11.2. The van der Waals surface area contributed by atoms with Gasteiger partial charge in [-0.2, -0.15) is 13.2 Å². The van der Waals surface area contributed by atoms with Gasteiger partial charge >= 0.3 is 12.1 Å². The Kier molecular flexibility index (Phi) is 6.57. The first-order valence-electron chi connectivity index (χ1n) is 8.51. The van der Waals surface area contributed by atoms with Crippen LogP contribution in [0.5, 0.6) is 0 Å². The van der Waals surface area contributed by atoms with Crippen LogP contribution in [0.4, 0.5) is 18.9 Å². The van der Waals surface area contributed by atoms with Gasteiger partial charge in [-0.25, -0.2) is 9.78 Å². The fourth-order valence-corrected chi connectivity index (χ4v) is 3.81. The number of esters is 1. The van der Waals surface area contributed by atoms with E-state index in [4.69, 9.17) is 4.74 Å². The molecule has 10 heteroatoms. The van der Waals surface area contributed by atoms with E-state index in [0.717, 1.165) is 23.5 Å². The van der Waals surface area contributed by atoms with Crippen molar-refractivity contribution >= 4 is 44.8 Å². The van der Waals surface area contributed by atoms with Crippen molar-refractivity contribution in [1.82, 2.24) is 4.98 Å². The Morgan fingerprint density at radius 3 is 2.43 bits per heavy atom. The molecule has 0 aliphatic carbocycles. The number of hydrogen-bond acceptors (Lipinski definition) is 5. The van der Waals surface area contributed by atoms with Gasteiger partial charge in [0.2, 0.25) is 0 Å². The van der Waals surface area contributed by atoms with Crippen LogP contribution in [0.15, 0.2) is 53.0 Å². The molecule has 0 spiro atoms. The van der Waals surface area contributed by atoms with Gasteiger partial charge in [0.15, 0.2) is 6.61 Å². The molecule has 1 amide bonds. The number of para-hydroxylation sites is 1. The first-order valence-corrected chi connectivity index (χ1v) is 10.1. The molecule has 3 aromatic rings. The number of rotatable bonds is 5. The molecule has 1 aromatic heterocycles. The maximum Gasteiger partial charge on any atom is 0.416 e. The van der Waals surface area contributed by atoms with Crippen LogP contribution in [-0.2, 0) is 15.7 Å². The number of amides is 1. The molecular formula is C20H14BrF3N2O3S. The fraction of sp³-hybridized carbons (Fsp3) is 0.150. The van der Waals surface area contributed by atoms with Crippen molar-refractivity contribution in [1.29, 1.82) is 0 Å². The number of nitrogens with one attached hydrogen (secondary N) is 1. The van der Waals surface area contributed by atoms with E-state index in [1.807, 2.05) is 0 Å². The van der Waals surface area contributed by atoms with Gasteiger partial charge in [-0.1, -0.05) is 24.3 Å². The molecule has 0 radical (unpaired) electrons. The summed E-state index contributed by atoms with van der Waals surface area (Å²) < 4.78 is 43.8. The predicted octanol–water partition coefficient (Wildman–Crippen LogP) is 5.70. The van der Waals surface area contributed by atoms with E-state index in [-0.39, 0.29) is 4.88 Å². The van der Waals surface area contributed by atoms with E-state index < -0.39 is 30.2 Å². The van der Waals surface area contributed by atoms with Gasteiger partial charge in [-0.3, -0.25) is 4.79 Å². The van der Waals surface area contributed by atoms with Crippen molar-refractivity contribution < 1.29 is 27.5 Å². The van der Waals surface area contributed by atoms with Crippen molar-refractivity contribution in [2.24, 2.45) is 0 Å². The highest BCUT2D eigenvalue weighted by Gasteiger charge is 2.30. The molecule has 3 rings (SSSR count). The molecule has 0 aliphatic heterocycles. The summed E-state index contributed by atoms with van der Waals surface area (Å²) in [7, 11) is 0. The Morgan fingerprint density at radius 2 is 1.80 bits per heavy atom. The summed E-state index contributed by atoms with van der Waals surface area (Å²) in [6.45, 7) is 1.09. The number of benzene rings is 2. The number of halogens is 4. The predicted molar refractivity (Wildman–Crippen MR) is 110 cm³/mol. The Bertz CT molecular complexity index is 1080. The van der Waals surface area contributed by atoms with Crippen molar-refractivity contribution in [2.45, 2.75) is 13.1 Å². The van der Waals surface area contributed by atoms with Gasteiger partial charge in [0, 0.05) is 10.0 Å². The molecule has 2 aromatic carbocycles. The maximum atomic E-state index is 12.7. The zero-order valence-electron chi connectivity index (χ0n) is 15.4. The van der Waals surface area contributed by atoms with Gasteiger partial charge in [0.25, 0.3) is 5.91 Å². The number of carbonyl (C=O) groups excluding carboxylic acids is 2. The van der Waals surface area contributed by atoms with Crippen LogP contribution in [0.2, 0.25) is 0 Å². The lowest BCUT2D eigenvalue weighted by atomic mass is 10.1. The van der Waals surface area contributed by atoms with Crippen LogP contribution in [0, 0.1) is 6.92 Å². The first kappa shape index (κ1) is 22.0. The molecular weight excluding hydrogens is 485 g/mol. The average molecular weight is 499 g/mol. The number of alkyl halides is 3. The van der Waals surface area contributed by atoms with E-state index in [0.29, 0.717) is 26.4 Å². The number of carbonyl (C=O) groups is 2. The van der Waals surface area contributed by atoms with E-state index in [9.17, 15) is 22.8 Å². The van der Waals surface area contributed by atoms with Gasteiger partial charge in [-0.05, 0) is 47.1 Å². The Labute approximate surface area is 182 Å². The lowest BCUT2D eigenvalue weighted by molar-refractivity contribution is -0.137. The monoisotopic (exact) mass is 498 g/mol. The van der Waals surface area contributed by atoms with Crippen molar-refractivity contribution in [2.75, 3.05) is 11.9 Å². The summed E-state index contributed by atoms with van der Waals surface area (Å²) in [6, 6.07) is 11.5. The third kappa shape index (κ3) is 5.25. The summed E-state index contributed by atoms with van der Waals surface area (Å²) in [5.74, 6) is -1.24. The van der Waals surface area contributed by atoms with E-state index in [2.05, 4.69) is 26.2 Å². The zero-order chi connectivity index (χ0) is 21.9. The molecule has 1 heterocycles. The number of hydrogen-bond donors (Lipinski definition) is 1. The molecule has 0 atom stereocenters. The van der Waals surface area contributed by atoms with Crippen molar-refractivity contribution in [3.05, 3.63) is 69.1 Å². The number of ether oxygens (including phenoxy) is 1. The standard InChI is InChI=1S/C20H14BrF3N2O3S/c1-11-17(19(28)29-10-16(27)26-15-5-3-2-4-14(15)21)30-18(25-11)12-6-8-13(9-7-12)20(22,23)24/h2-9H,10H2,1H3,(H,26,27). The topological polar surface area (TPSA) is 68.3 Å². The van der Waals surface area contributed by atoms with Gasteiger partial charge in [0.05, 0.1) is 16.9 Å². The van der Waals surface area contributed by atoms with Gasteiger partial charge in [-0.15, -0.1) is 11.3 Å². The summed E-state index contributed by atoms with van der Waals surface area (Å²) in [5.41, 5.74) is 0.584. The summed E-state index contributed by atoms with van der Waals surface area (Å²) in [5, 5.41) is 2.99. The molecule has 0 saturated heterocycles. The quantitative estimate of drug-likeness (QED) is 0.458. The number of thiazole rings is 1. The molecule has 0 bridgehead atoms. The second kappa shape index (κ2) is 8.97. The number of aromatic nitrogens is 1. The highest BCUT2D eigenvalue weighted by Crippen LogP contribution is 2.33. The van der Waals surface area contributed by atoms with Crippen molar-refractivity contribution in [3.63, 3.8) is 0 Å². The Hall–Kier alpha value is -2.72. The molecule has 0 fully saturated rings. The van der Waals surface area contributed by atoms with Crippen LogP contribution >= 0.6 is 27.3 Å². The van der Waals surface area contributed by atoms with Crippen LogP contribution in [-0.4, -0.2) is 23.5 Å². The van der Waals surface area contributed by atoms with E-state index in [1.54, 1.807) is 31.2 Å². The third-order valence-corrected chi connectivity index (χ3v) is 5.80. The largest absolute Gasteiger partial charge is 0.451 e. The maximum absolute atomic E-state index is 12.7. The van der Waals surface area contributed by atoms with Crippen LogP contribution < -0.4 is 5.32 Å². The van der Waals surface area contributed by atoms with Gasteiger partial charge < -0.3 is 10.1 Å². The fourth-order valence-electron chi connectivity index (χ4n) is 2.46. The van der Waals surface area contributed by atoms with Crippen LogP contribution in [0.1, 0.15) is 20.9 Å². The molecule has 0 saturated carbocycles. The van der Waals surface area contributed by atoms with Gasteiger partial charge in [0.1, 0.15) is 9.88 Å². The first-order chi connectivity index (χ1) is 14.1. The minimum atomic E-state index is -4.43. The van der Waals surface area contributed by atoms with E-state index >= 15 is 0 Å².